The fraction of sp³-hybridized carbons (Fsp3) is 0. The summed E-state index contributed by atoms with van der Waals surface area (Å²) in [4.78, 5) is 14.3. The van der Waals surface area contributed by atoms with Gasteiger partial charge >= 0.3 is 5.97 Å². The summed E-state index contributed by atoms with van der Waals surface area (Å²) in [6.45, 7) is 0. The lowest BCUT2D eigenvalue weighted by Crippen LogP contribution is -2.09. The summed E-state index contributed by atoms with van der Waals surface area (Å²) in [5.74, 6) is 0.296. The first kappa shape index (κ1) is 18.0. The number of halogens is 2. The van der Waals surface area contributed by atoms with Crippen molar-refractivity contribution >= 4 is 49.6 Å². The third-order valence-electron chi connectivity index (χ3n) is 3.26. The van der Waals surface area contributed by atoms with Crippen LogP contribution in [0, 0.1) is 0 Å². The van der Waals surface area contributed by atoms with Gasteiger partial charge in [-0.25, -0.2) is 4.79 Å². The quantitative estimate of drug-likeness (QED) is 0.353. The number of aromatic hydroxyl groups is 1. The zero-order chi connectivity index (χ0) is 17.8. The van der Waals surface area contributed by atoms with Crippen LogP contribution in [-0.4, -0.2) is 11.1 Å². The van der Waals surface area contributed by atoms with Gasteiger partial charge in [0.05, 0.1) is 5.56 Å². The molecule has 0 bridgehead atoms. The van der Waals surface area contributed by atoms with E-state index in [1.807, 2.05) is 30.3 Å². The van der Waals surface area contributed by atoms with Gasteiger partial charge in [0.1, 0.15) is 11.5 Å². The number of hydrogen-bond donors (Lipinski definition) is 1. The van der Waals surface area contributed by atoms with Crippen LogP contribution in [0.1, 0.15) is 10.4 Å². The van der Waals surface area contributed by atoms with Crippen molar-refractivity contribution in [3.05, 3.63) is 81.2 Å². The van der Waals surface area contributed by atoms with Gasteiger partial charge in [-0.15, -0.1) is 0 Å². The van der Waals surface area contributed by atoms with Gasteiger partial charge in [0.2, 0.25) is 0 Å². The van der Waals surface area contributed by atoms with Gasteiger partial charge < -0.3 is 9.84 Å². The number of phenolic OH excluding ortho intramolecular Hbond substituents is 1. The van der Waals surface area contributed by atoms with E-state index in [4.69, 9.17) is 4.74 Å². The minimum absolute atomic E-state index is 0.241. The predicted molar refractivity (Wildman–Crippen MR) is 105 cm³/mol. The molecule has 3 rings (SSSR count). The van der Waals surface area contributed by atoms with E-state index >= 15 is 0 Å². The molecule has 0 aliphatic rings. The zero-order valence-corrected chi connectivity index (χ0v) is 16.8. The number of benzene rings is 3. The Bertz CT molecular complexity index is 894. The fourth-order valence-electron chi connectivity index (χ4n) is 2.04. The second kappa shape index (κ2) is 8.08. The Labute approximate surface area is 166 Å². The molecule has 0 radical (unpaired) electrons. The van der Waals surface area contributed by atoms with Crippen molar-refractivity contribution < 1.29 is 14.6 Å². The van der Waals surface area contributed by atoms with Crippen molar-refractivity contribution in [2.75, 3.05) is 0 Å². The molecular weight excluding hydrogens is 468 g/mol. The molecule has 1 N–H and O–H groups in total. The summed E-state index contributed by atoms with van der Waals surface area (Å²) in [5, 5.41) is 9.31. The highest BCUT2D eigenvalue weighted by Crippen LogP contribution is 2.30. The summed E-state index contributed by atoms with van der Waals surface area (Å²) >= 11 is 8.26. The monoisotopic (exact) mass is 478 g/mol. The van der Waals surface area contributed by atoms with E-state index in [1.54, 1.807) is 48.2 Å². The Kier molecular flexibility index (Phi) is 5.83. The van der Waals surface area contributed by atoms with E-state index in [0.717, 1.165) is 14.3 Å². The van der Waals surface area contributed by atoms with Gasteiger partial charge in [-0.3, -0.25) is 0 Å². The maximum atomic E-state index is 12.3. The van der Waals surface area contributed by atoms with Crippen LogP contribution >= 0.6 is 43.6 Å². The van der Waals surface area contributed by atoms with Crippen LogP contribution in [0.15, 0.2) is 85.5 Å². The number of phenols is 1. The Hall–Kier alpha value is -1.76. The Balaban J connectivity index is 1.69. The first-order valence-corrected chi connectivity index (χ1v) is 9.66. The molecule has 0 aliphatic carbocycles. The maximum Gasteiger partial charge on any atom is 0.344 e. The highest BCUT2D eigenvalue weighted by Gasteiger charge is 2.13. The van der Waals surface area contributed by atoms with Crippen molar-refractivity contribution in [2.45, 2.75) is 9.79 Å². The first-order chi connectivity index (χ1) is 12.0. The molecule has 126 valence electrons. The molecule has 0 aliphatic heterocycles. The van der Waals surface area contributed by atoms with Crippen molar-refractivity contribution in [2.24, 2.45) is 0 Å². The summed E-state index contributed by atoms with van der Waals surface area (Å²) in [6.07, 6.45) is 0. The van der Waals surface area contributed by atoms with E-state index in [0.29, 0.717) is 15.8 Å². The lowest BCUT2D eigenvalue weighted by Gasteiger charge is -2.07. The molecule has 0 spiro atoms. The van der Waals surface area contributed by atoms with Gasteiger partial charge in [0, 0.05) is 18.7 Å². The second-order valence-electron chi connectivity index (χ2n) is 5.08. The van der Waals surface area contributed by atoms with Crippen molar-refractivity contribution in [3.8, 4) is 11.5 Å². The van der Waals surface area contributed by atoms with E-state index in [2.05, 4.69) is 31.9 Å². The topological polar surface area (TPSA) is 46.5 Å². The SMILES string of the molecule is O=C(Oc1ccc(Sc2ccc(O)cc2)cc1)c1cc(Br)ccc1Br. The van der Waals surface area contributed by atoms with Crippen LogP contribution in [0.25, 0.3) is 0 Å². The number of rotatable bonds is 4. The van der Waals surface area contributed by atoms with Gasteiger partial charge in [-0.2, -0.15) is 0 Å². The molecule has 0 amide bonds. The molecule has 25 heavy (non-hydrogen) atoms. The van der Waals surface area contributed by atoms with Gasteiger partial charge in [-0.1, -0.05) is 27.7 Å². The van der Waals surface area contributed by atoms with E-state index in [1.165, 1.54) is 0 Å². The molecule has 0 unspecified atom stereocenters. The summed E-state index contributed by atoms with van der Waals surface area (Å²) in [5.41, 5.74) is 0.455. The lowest BCUT2D eigenvalue weighted by molar-refractivity contribution is 0.0733. The highest BCUT2D eigenvalue weighted by atomic mass is 79.9. The molecule has 6 heteroatoms. The molecular formula is C19H12Br2O3S. The van der Waals surface area contributed by atoms with Gasteiger partial charge in [0.25, 0.3) is 0 Å². The molecule has 0 saturated carbocycles. The van der Waals surface area contributed by atoms with Crippen LogP contribution in [0.5, 0.6) is 11.5 Å². The summed E-state index contributed by atoms with van der Waals surface area (Å²) in [6, 6.07) is 19.6. The van der Waals surface area contributed by atoms with E-state index in [9.17, 15) is 9.90 Å². The van der Waals surface area contributed by atoms with Crippen LogP contribution in [-0.2, 0) is 0 Å². The molecule has 0 fully saturated rings. The summed E-state index contributed by atoms with van der Waals surface area (Å²) in [7, 11) is 0. The fourth-order valence-corrected chi connectivity index (χ4v) is 3.63. The molecule has 3 aromatic rings. The minimum Gasteiger partial charge on any atom is -0.508 e. The lowest BCUT2D eigenvalue weighted by atomic mass is 10.2. The maximum absolute atomic E-state index is 12.3. The Morgan fingerprint density at radius 1 is 0.880 bits per heavy atom. The first-order valence-electron chi connectivity index (χ1n) is 7.25. The number of carbonyl (C=O) groups excluding carboxylic acids is 1. The molecule has 0 heterocycles. The average molecular weight is 480 g/mol. The Morgan fingerprint density at radius 3 is 2.12 bits per heavy atom. The van der Waals surface area contributed by atoms with Crippen LogP contribution in [0.2, 0.25) is 0 Å². The zero-order valence-electron chi connectivity index (χ0n) is 12.8. The molecule has 0 atom stereocenters. The number of esters is 1. The molecule has 3 nitrogen and oxygen atoms in total. The normalized spacial score (nSPS) is 10.5. The van der Waals surface area contributed by atoms with Crippen LogP contribution in [0.4, 0.5) is 0 Å². The number of carbonyl (C=O) groups is 1. The third kappa shape index (κ3) is 4.87. The molecule has 0 saturated heterocycles. The Morgan fingerprint density at radius 2 is 1.48 bits per heavy atom. The van der Waals surface area contributed by atoms with Gasteiger partial charge in [0.15, 0.2) is 0 Å². The summed E-state index contributed by atoms with van der Waals surface area (Å²) < 4.78 is 6.91. The average Bonchev–Trinajstić information content (AvgIpc) is 2.60. The van der Waals surface area contributed by atoms with Crippen molar-refractivity contribution in [3.63, 3.8) is 0 Å². The number of ether oxygens (including phenoxy) is 1. The third-order valence-corrected chi connectivity index (χ3v) is 5.46. The number of hydrogen-bond acceptors (Lipinski definition) is 4. The van der Waals surface area contributed by atoms with Crippen LogP contribution in [0.3, 0.4) is 0 Å². The standard InChI is InChI=1S/C19H12Br2O3S/c20-12-1-10-18(21)17(11-12)19(23)24-14-4-8-16(9-5-14)25-15-6-2-13(22)3-7-15/h1-11,22H. The van der Waals surface area contributed by atoms with Gasteiger partial charge in [-0.05, 0) is 82.7 Å². The molecule has 3 aromatic carbocycles. The van der Waals surface area contributed by atoms with E-state index in [-0.39, 0.29) is 5.75 Å². The molecule has 0 aromatic heterocycles. The predicted octanol–water partition coefficient (Wildman–Crippen LogP) is 6.29. The van der Waals surface area contributed by atoms with Crippen LogP contribution < -0.4 is 4.74 Å². The van der Waals surface area contributed by atoms with Crippen molar-refractivity contribution in [1.82, 2.24) is 0 Å². The van der Waals surface area contributed by atoms with E-state index < -0.39 is 5.97 Å². The highest BCUT2D eigenvalue weighted by molar-refractivity contribution is 9.11. The largest absolute Gasteiger partial charge is 0.508 e. The second-order valence-corrected chi connectivity index (χ2v) is 8.00. The minimum atomic E-state index is -0.424. The van der Waals surface area contributed by atoms with Crippen molar-refractivity contribution in [1.29, 1.82) is 0 Å². The smallest absolute Gasteiger partial charge is 0.344 e.